The predicted molar refractivity (Wildman–Crippen MR) is 174 cm³/mol. The van der Waals surface area contributed by atoms with Crippen LogP contribution in [0.5, 0.6) is 23.0 Å². The minimum atomic E-state index is -0.101. The average Bonchev–Trinajstić information content (AvgIpc) is 2.99. The lowest BCUT2D eigenvalue weighted by Gasteiger charge is -2.31. The summed E-state index contributed by atoms with van der Waals surface area (Å²) in [5, 5.41) is 38.0. The molecule has 4 rings (SSSR count). The van der Waals surface area contributed by atoms with E-state index in [-0.39, 0.29) is 10.8 Å². The fraction of sp³-hybridized carbons (Fsp3) is 0.368. The van der Waals surface area contributed by atoms with E-state index in [1.165, 1.54) is 47.9 Å². The first-order chi connectivity index (χ1) is 20.1. The van der Waals surface area contributed by atoms with E-state index >= 15 is 0 Å². The Morgan fingerprint density at radius 3 is 0.786 bits per heavy atom. The van der Waals surface area contributed by atoms with E-state index in [2.05, 4.69) is 27.7 Å². The molecule has 0 saturated heterocycles. The second kappa shape index (κ2) is 15.3. The van der Waals surface area contributed by atoms with Crippen molar-refractivity contribution in [1.82, 2.24) is 0 Å². The zero-order valence-corrected chi connectivity index (χ0v) is 25.7. The van der Waals surface area contributed by atoms with Gasteiger partial charge >= 0.3 is 0 Å². The van der Waals surface area contributed by atoms with Crippen LogP contribution in [0.1, 0.15) is 101 Å². The molecular formula is C38H48O4. The maximum absolute atomic E-state index is 9.51. The zero-order chi connectivity index (χ0) is 30.6. The lowest BCUT2D eigenvalue weighted by Crippen LogP contribution is -2.23. The molecule has 4 aromatic rings. The van der Waals surface area contributed by atoms with Gasteiger partial charge in [-0.1, -0.05) is 115 Å². The highest BCUT2D eigenvalue weighted by Crippen LogP contribution is 2.39. The highest BCUT2D eigenvalue weighted by molar-refractivity contribution is 5.43. The Labute approximate surface area is 252 Å². The number of benzene rings is 4. The van der Waals surface area contributed by atoms with Crippen molar-refractivity contribution >= 4 is 0 Å². The van der Waals surface area contributed by atoms with Gasteiger partial charge in [-0.3, -0.25) is 0 Å². The number of phenols is 4. The third-order valence-electron chi connectivity index (χ3n) is 8.58. The van der Waals surface area contributed by atoms with Crippen LogP contribution in [0, 0.1) is 0 Å². The van der Waals surface area contributed by atoms with Crippen LogP contribution in [0.3, 0.4) is 0 Å². The zero-order valence-electron chi connectivity index (χ0n) is 25.7. The molecule has 0 bridgehead atoms. The molecule has 0 radical (unpaired) electrons. The van der Waals surface area contributed by atoms with E-state index < -0.39 is 0 Å². The molecule has 4 aromatic carbocycles. The van der Waals surface area contributed by atoms with E-state index in [4.69, 9.17) is 0 Å². The Balaban J connectivity index is 0.000000230. The number of phenolic OH excluding ortho intramolecular Hbond substituents is 4. The van der Waals surface area contributed by atoms with E-state index in [9.17, 15) is 20.4 Å². The van der Waals surface area contributed by atoms with Crippen molar-refractivity contribution in [2.75, 3.05) is 0 Å². The lowest BCUT2D eigenvalue weighted by atomic mass is 9.72. The van der Waals surface area contributed by atoms with Gasteiger partial charge in [0.25, 0.3) is 0 Å². The van der Waals surface area contributed by atoms with E-state index in [0.717, 1.165) is 25.7 Å². The van der Waals surface area contributed by atoms with Crippen LogP contribution in [0.15, 0.2) is 97.1 Å². The predicted octanol–water partition coefficient (Wildman–Crippen LogP) is 9.97. The van der Waals surface area contributed by atoms with Gasteiger partial charge in [-0.15, -0.1) is 0 Å². The molecule has 0 aliphatic rings. The molecule has 0 unspecified atom stereocenters. The van der Waals surface area contributed by atoms with Gasteiger partial charge in [0.2, 0.25) is 0 Å². The summed E-state index contributed by atoms with van der Waals surface area (Å²) >= 11 is 0. The molecule has 42 heavy (non-hydrogen) atoms. The smallest absolute Gasteiger partial charge is 0.115 e. The first kappa shape index (κ1) is 32.6. The van der Waals surface area contributed by atoms with Crippen molar-refractivity contribution in [2.24, 2.45) is 0 Å². The molecule has 0 amide bonds. The molecule has 0 atom stereocenters. The standard InChI is InChI=1S/2C19H24O2/c2*1-3-4-5-14-19(2,15-6-10-17(20)11-7-15)16-8-12-18(21)13-9-16/h2*6-13,20-21H,3-5,14H2,1-2H3. The second-order valence-electron chi connectivity index (χ2n) is 11.8. The summed E-state index contributed by atoms with van der Waals surface area (Å²) in [6.45, 7) is 8.89. The van der Waals surface area contributed by atoms with Crippen LogP contribution in [0.2, 0.25) is 0 Å². The summed E-state index contributed by atoms with van der Waals surface area (Å²) in [7, 11) is 0. The van der Waals surface area contributed by atoms with Crippen molar-refractivity contribution in [2.45, 2.75) is 89.9 Å². The van der Waals surface area contributed by atoms with Crippen molar-refractivity contribution in [3.63, 3.8) is 0 Å². The second-order valence-corrected chi connectivity index (χ2v) is 11.8. The molecule has 4 N–H and O–H groups in total. The maximum Gasteiger partial charge on any atom is 0.115 e. The molecule has 0 fully saturated rings. The van der Waals surface area contributed by atoms with Crippen LogP contribution >= 0.6 is 0 Å². The molecule has 224 valence electrons. The molecule has 0 spiro atoms. The van der Waals surface area contributed by atoms with Gasteiger partial charge in [0, 0.05) is 10.8 Å². The van der Waals surface area contributed by atoms with Gasteiger partial charge < -0.3 is 20.4 Å². The number of hydrogen-bond acceptors (Lipinski definition) is 4. The van der Waals surface area contributed by atoms with Gasteiger partial charge in [-0.05, 0) is 83.6 Å². The van der Waals surface area contributed by atoms with Crippen LogP contribution in [-0.2, 0) is 10.8 Å². The molecule has 4 heteroatoms. The van der Waals surface area contributed by atoms with Crippen molar-refractivity contribution in [3.8, 4) is 23.0 Å². The van der Waals surface area contributed by atoms with Crippen LogP contribution in [-0.4, -0.2) is 20.4 Å². The van der Waals surface area contributed by atoms with Crippen molar-refractivity contribution < 1.29 is 20.4 Å². The molecular weight excluding hydrogens is 520 g/mol. The van der Waals surface area contributed by atoms with E-state index in [1.54, 1.807) is 48.5 Å². The summed E-state index contributed by atoms with van der Waals surface area (Å²) in [5.74, 6) is 1.17. The average molecular weight is 569 g/mol. The molecule has 0 aliphatic carbocycles. The fourth-order valence-corrected chi connectivity index (χ4v) is 5.68. The summed E-state index contributed by atoms with van der Waals surface area (Å²) in [4.78, 5) is 0. The summed E-state index contributed by atoms with van der Waals surface area (Å²) in [6.07, 6.45) is 9.25. The largest absolute Gasteiger partial charge is 0.508 e. The third-order valence-corrected chi connectivity index (χ3v) is 8.58. The Bertz CT molecular complexity index is 1130. The minimum absolute atomic E-state index is 0.101. The summed E-state index contributed by atoms with van der Waals surface area (Å²) < 4.78 is 0. The Kier molecular flexibility index (Phi) is 11.9. The quantitative estimate of drug-likeness (QED) is 0.128. The Morgan fingerprint density at radius 2 is 0.595 bits per heavy atom. The van der Waals surface area contributed by atoms with Crippen molar-refractivity contribution in [3.05, 3.63) is 119 Å². The number of rotatable bonds is 12. The van der Waals surface area contributed by atoms with Gasteiger partial charge in [0.15, 0.2) is 0 Å². The highest BCUT2D eigenvalue weighted by Gasteiger charge is 2.29. The minimum Gasteiger partial charge on any atom is -0.508 e. The van der Waals surface area contributed by atoms with Crippen LogP contribution in [0.25, 0.3) is 0 Å². The summed E-state index contributed by atoms with van der Waals surface area (Å²) in [5.41, 5.74) is 4.58. The van der Waals surface area contributed by atoms with Gasteiger partial charge in [0.05, 0.1) is 0 Å². The molecule has 0 aliphatic heterocycles. The number of hydrogen-bond donors (Lipinski definition) is 4. The first-order valence-corrected chi connectivity index (χ1v) is 15.3. The fourth-order valence-electron chi connectivity index (χ4n) is 5.68. The number of aromatic hydroxyl groups is 4. The molecule has 0 heterocycles. The SMILES string of the molecule is CCCCCC(C)(c1ccc(O)cc1)c1ccc(O)cc1.CCCCCC(C)(c1ccc(O)cc1)c1ccc(O)cc1. The Morgan fingerprint density at radius 1 is 0.381 bits per heavy atom. The highest BCUT2D eigenvalue weighted by atomic mass is 16.3. The topological polar surface area (TPSA) is 80.9 Å². The van der Waals surface area contributed by atoms with E-state index in [1.807, 2.05) is 48.5 Å². The first-order valence-electron chi connectivity index (χ1n) is 15.3. The van der Waals surface area contributed by atoms with E-state index in [0.29, 0.717) is 23.0 Å². The Hall–Kier alpha value is -3.92. The molecule has 4 nitrogen and oxygen atoms in total. The third kappa shape index (κ3) is 8.55. The summed E-state index contributed by atoms with van der Waals surface area (Å²) in [6, 6.07) is 29.9. The normalized spacial score (nSPS) is 11.5. The van der Waals surface area contributed by atoms with Gasteiger partial charge in [0.1, 0.15) is 23.0 Å². The van der Waals surface area contributed by atoms with Crippen molar-refractivity contribution in [1.29, 1.82) is 0 Å². The van der Waals surface area contributed by atoms with Crippen LogP contribution in [0.4, 0.5) is 0 Å². The maximum atomic E-state index is 9.51. The molecule has 0 saturated carbocycles. The lowest BCUT2D eigenvalue weighted by molar-refractivity contribution is 0.463. The van der Waals surface area contributed by atoms with Gasteiger partial charge in [-0.2, -0.15) is 0 Å². The number of unbranched alkanes of at least 4 members (excludes halogenated alkanes) is 4. The monoisotopic (exact) mass is 568 g/mol. The molecule has 0 aromatic heterocycles. The van der Waals surface area contributed by atoms with Gasteiger partial charge in [-0.25, -0.2) is 0 Å². The van der Waals surface area contributed by atoms with Crippen LogP contribution < -0.4 is 0 Å².